The largest absolute Gasteiger partial charge is 0.392 e. The Morgan fingerprint density at radius 2 is 1.95 bits per heavy atom. The van der Waals surface area contributed by atoms with Crippen molar-refractivity contribution >= 4 is 15.9 Å². The van der Waals surface area contributed by atoms with Gasteiger partial charge in [-0.15, -0.1) is 0 Å². The molecule has 3 aliphatic rings. The first-order valence-corrected chi connectivity index (χ1v) is 8.63. The van der Waals surface area contributed by atoms with E-state index in [0.717, 1.165) is 28.1 Å². The van der Waals surface area contributed by atoms with Gasteiger partial charge in [0.2, 0.25) is 0 Å². The molecule has 6 unspecified atom stereocenters. The van der Waals surface area contributed by atoms with Gasteiger partial charge in [0, 0.05) is 16.9 Å². The average Bonchev–Trinajstić information content (AvgIpc) is 2.88. The van der Waals surface area contributed by atoms with Crippen LogP contribution in [-0.4, -0.2) is 17.8 Å². The highest BCUT2D eigenvalue weighted by molar-refractivity contribution is 9.10. The minimum Gasteiger partial charge on any atom is -0.392 e. The van der Waals surface area contributed by atoms with E-state index in [2.05, 4.69) is 28.1 Å². The Labute approximate surface area is 128 Å². The van der Waals surface area contributed by atoms with Crippen LogP contribution >= 0.6 is 15.9 Å². The molecule has 1 aromatic rings. The monoisotopic (exact) mass is 335 g/mol. The standard InChI is InChI=1S/C17H22BrNO/c18-12-3-1-2-9(7-12)13(8-19)17(20)16-14-10-4-5-11(6-10)15(14)16/h1-3,7,10-11,13-17,20H,4-6,8,19H2. The molecule has 3 saturated carbocycles. The lowest BCUT2D eigenvalue weighted by Crippen LogP contribution is -2.29. The van der Waals surface area contributed by atoms with Gasteiger partial charge in [0.15, 0.2) is 0 Å². The molecule has 0 heterocycles. The molecular formula is C17H22BrNO. The highest BCUT2D eigenvalue weighted by Crippen LogP contribution is 2.71. The molecule has 0 saturated heterocycles. The predicted octanol–water partition coefficient (Wildman–Crippen LogP) is 3.14. The molecule has 20 heavy (non-hydrogen) atoms. The van der Waals surface area contributed by atoms with E-state index in [4.69, 9.17) is 5.73 Å². The lowest BCUT2D eigenvalue weighted by molar-refractivity contribution is 0.102. The zero-order chi connectivity index (χ0) is 13.9. The highest BCUT2D eigenvalue weighted by atomic mass is 79.9. The summed E-state index contributed by atoms with van der Waals surface area (Å²) in [4.78, 5) is 0. The van der Waals surface area contributed by atoms with E-state index in [1.165, 1.54) is 24.8 Å². The normalized spacial score (nSPS) is 40.5. The Hall–Kier alpha value is -0.380. The molecule has 1 aromatic carbocycles. The van der Waals surface area contributed by atoms with Crippen LogP contribution in [0, 0.1) is 29.6 Å². The summed E-state index contributed by atoms with van der Waals surface area (Å²) in [6.07, 6.45) is 3.98. The molecule has 3 aliphatic carbocycles. The molecule has 0 aliphatic heterocycles. The zero-order valence-corrected chi connectivity index (χ0v) is 13.2. The SMILES string of the molecule is NCC(c1cccc(Br)c1)C(O)C1C2C3CCC(C3)C21. The van der Waals surface area contributed by atoms with Crippen molar-refractivity contribution in [2.45, 2.75) is 31.3 Å². The van der Waals surface area contributed by atoms with Gasteiger partial charge in [-0.1, -0.05) is 28.1 Å². The summed E-state index contributed by atoms with van der Waals surface area (Å²) < 4.78 is 1.07. The van der Waals surface area contributed by atoms with Gasteiger partial charge in [0.25, 0.3) is 0 Å². The van der Waals surface area contributed by atoms with E-state index in [9.17, 15) is 5.11 Å². The van der Waals surface area contributed by atoms with Gasteiger partial charge in [-0.2, -0.15) is 0 Å². The fraction of sp³-hybridized carbons (Fsp3) is 0.647. The van der Waals surface area contributed by atoms with Crippen molar-refractivity contribution < 1.29 is 5.11 Å². The van der Waals surface area contributed by atoms with Crippen molar-refractivity contribution in [1.29, 1.82) is 0 Å². The molecule has 3 heteroatoms. The van der Waals surface area contributed by atoms with Gasteiger partial charge in [-0.25, -0.2) is 0 Å². The van der Waals surface area contributed by atoms with Crippen LogP contribution in [0.4, 0.5) is 0 Å². The maximum absolute atomic E-state index is 10.9. The minimum absolute atomic E-state index is 0.0856. The molecule has 2 nitrogen and oxygen atoms in total. The molecule has 108 valence electrons. The number of aliphatic hydroxyl groups is 1. The first kappa shape index (κ1) is 13.3. The molecule has 0 aromatic heterocycles. The minimum atomic E-state index is -0.257. The second-order valence-electron chi connectivity index (χ2n) is 6.95. The topological polar surface area (TPSA) is 46.2 Å². The molecule has 0 radical (unpaired) electrons. The second kappa shape index (κ2) is 4.82. The molecule has 3 fully saturated rings. The number of fused-ring (bicyclic) bond motifs is 5. The maximum Gasteiger partial charge on any atom is 0.0654 e. The van der Waals surface area contributed by atoms with Crippen molar-refractivity contribution in [2.75, 3.05) is 6.54 Å². The van der Waals surface area contributed by atoms with Crippen LogP contribution in [0.2, 0.25) is 0 Å². The number of benzene rings is 1. The Bertz CT molecular complexity index is 503. The molecule has 2 bridgehead atoms. The van der Waals surface area contributed by atoms with Crippen LogP contribution in [0.5, 0.6) is 0 Å². The van der Waals surface area contributed by atoms with Gasteiger partial charge < -0.3 is 10.8 Å². The van der Waals surface area contributed by atoms with Crippen molar-refractivity contribution in [2.24, 2.45) is 35.3 Å². The third-order valence-corrected chi connectivity index (χ3v) is 6.63. The Kier molecular flexibility index (Phi) is 3.21. The Morgan fingerprint density at radius 1 is 1.25 bits per heavy atom. The van der Waals surface area contributed by atoms with Gasteiger partial charge in [-0.3, -0.25) is 0 Å². The lowest BCUT2D eigenvalue weighted by Gasteiger charge is -2.24. The molecular weight excluding hydrogens is 314 g/mol. The number of halogens is 1. The van der Waals surface area contributed by atoms with Gasteiger partial charge in [-0.05, 0) is 66.5 Å². The summed E-state index contributed by atoms with van der Waals surface area (Å²) in [5.41, 5.74) is 7.15. The van der Waals surface area contributed by atoms with Crippen LogP contribution in [0.15, 0.2) is 28.7 Å². The molecule has 0 amide bonds. The van der Waals surface area contributed by atoms with Gasteiger partial charge >= 0.3 is 0 Å². The zero-order valence-electron chi connectivity index (χ0n) is 11.6. The van der Waals surface area contributed by atoms with Crippen LogP contribution in [0.1, 0.15) is 30.7 Å². The highest BCUT2D eigenvalue weighted by Gasteiger charge is 2.67. The fourth-order valence-corrected chi connectivity index (χ4v) is 5.74. The van der Waals surface area contributed by atoms with E-state index in [1.807, 2.05) is 12.1 Å². The number of aliphatic hydroxyl groups excluding tert-OH is 1. The average molecular weight is 336 g/mol. The second-order valence-corrected chi connectivity index (χ2v) is 7.87. The van der Waals surface area contributed by atoms with Crippen molar-refractivity contribution in [3.05, 3.63) is 34.3 Å². The Morgan fingerprint density at radius 3 is 2.55 bits per heavy atom. The van der Waals surface area contributed by atoms with E-state index in [1.54, 1.807) is 0 Å². The van der Waals surface area contributed by atoms with Crippen molar-refractivity contribution in [3.8, 4) is 0 Å². The molecule has 6 atom stereocenters. The predicted molar refractivity (Wildman–Crippen MR) is 83.2 cm³/mol. The molecule has 0 spiro atoms. The van der Waals surface area contributed by atoms with E-state index in [-0.39, 0.29) is 12.0 Å². The summed E-state index contributed by atoms with van der Waals surface area (Å²) in [5.74, 6) is 4.04. The summed E-state index contributed by atoms with van der Waals surface area (Å²) >= 11 is 3.52. The maximum atomic E-state index is 10.9. The van der Waals surface area contributed by atoms with E-state index >= 15 is 0 Å². The summed E-state index contributed by atoms with van der Waals surface area (Å²) in [5, 5.41) is 10.9. The van der Waals surface area contributed by atoms with Gasteiger partial charge in [0.1, 0.15) is 0 Å². The summed E-state index contributed by atoms with van der Waals surface area (Å²) in [7, 11) is 0. The van der Waals surface area contributed by atoms with Crippen molar-refractivity contribution in [3.63, 3.8) is 0 Å². The third kappa shape index (κ3) is 1.90. The molecule has 3 N–H and O–H groups in total. The van der Waals surface area contributed by atoms with Crippen LogP contribution < -0.4 is 5.73 Å². The van der Waals surface area contributed by atoms with Crippen LogP contribution in [-0.2, 0) is 0 Å². The third-order valence-electron chi connectivity index (χ3n) is 6.13. The van der Waals surface area contributed by atoms with Gasteiger partial charge in [0.05, 0.1) is 6.10 Å². The Balaban J connectivity index is 1.54. The molecule has 4 rings (SSSR count). The quantitative estimate of drug-likeness (QED) is 0.887. The summed E-state index contributed by atoms with van der Waals surface area (Å²) in [6.45, 7) is 0.531. The lowest BCUT2D eigenvalue weighted by atomic mass is 9.87. The summed E-state index contributed by atoms with van der Waals surface area (Å²) in [6, 6.07) is 8.26. The van der Waals surface area contributed by atoms with Crippen LogP contribution in [0.25, 0.3) is 0 Å². The first-order chi connectivity index (χ1) is 9.70. The van der Waals surface area contributed by atoms with Crippen LogP contribution in [0.3, 0.4) is 0 Å². The number of rotatable bonds is 4. The van der Waals surface area contributed by atoms with E-state index < -0.39 is 0 Å². The van der Waals surface area contributed by atoms with Crippen molar-refractivity contribution in [1.82, 2.24) is 0 Å². The first-order valence-electron chi connectivity index (χ1n) is 7.84. The number of nitrogens with two attached hydrogens (primary N) is 1. The number of hydrogen-bond donors (Lipinski definition) is 2. The number of hydrogen-bond acceptors (Lipinski definition) is 2. The van der Waals surface area contributed by atoms with E-state index in [0.29, 0.717) is 12.5 Å². The fourth-order valence-electron chi connectivity index (χ4n) is 5.33. The smallest absolute Gasteiger partial charge is 0.0654 e.